The number of ether oxygens (including phenoxy) is 3. The van der Waals surface area contributed by atoms with E-state index in [1.165, 1.54) is 4.68 Å². The Bertz CT molecular complexity index is 355. The zero-order chi connectivity index (χ0) is 13.2. The Hall–Kier alpha value is -1.51. The molecule has 0 fully saturated rings. The van der Waals surface area contributed by atoms with Crippen molar-refractivity contribution in [2.24, 2.45) is 5.73 Å². The fraction of sp³-hybridized carbons (Fsp3) is 0.700. The monoisotopic (exact) mass is 258 g/mol. The van der Waals surface area contributed by atoms with Crippen LogP contribution in [0.15, 0.2) is 6.20 Å². The fourth-order valence-electron chi connectivity index (χ4n) is 1.15. The number of rotatable bonds is 9. The van der Waals surface area contributed by atoms with Gasteiger partial charge in [0.05, 0.1) is 31.7 Å². The van der Waals surface area contributed by atoms with Gasteiger partial charge in [-0.05, 0) is 0 Å². The van der Waals surface area contributed by atoms with Crippen LogP contribution in [-0.4, -0.2) is 54.5 Å². The molecular formula is C10H18N4O4. The van der Waals surface area contributed by atoms with Crippen LogP contribution in [0.5, 0.6) is 0 Å². The summed E-state index contributed by atoms with van der Waals surface area (Å²) in [6, 6.07) is 0. The lowest BCUT2D eigenvalue weighted by molar-refractivity contribution is -0.146. The maximum atomic E-state index is 11.4. The van der Waals surface area contributed by atoms with Crippen LogP contribution in [0, 0.1) is 0 Å². The molecule has 8 nitrogen and oxygen atoms in total. The molecule has 8 heteroatoms. The molecule has 1 aromatic rings. The SMILES string of the molecule is COCCOCCOC(=O)Cn1cc(CN)nn1. The third-order valence-electron chi connectivity index (χ3n) is 2.01. The molecule has 0 aliphatic rings. The maximum Gasteiger partial charge on any atom is 0.327 e. The molecule has 0 atom stereocenters. The Morgan fingerprint density at radius 3 is 2.83 bits per heavy atom. The number of carbonyl (C=O) groups excluding carboxylic acids is 1. The van der Waals surface area contributed by atoms with Crippen molar-refractivity contribution in [1.29, 1.82) is 0 Å². The molecule has 0 saturated carbocycles. The summed E-state index contributed by atoms with van der Waals surface area (Å²) in [6.45, 7) is 1.88. The fourth-order valence-corrected chi connectivity index (χ4v) is 1.15. The van der Waals surface area contributed by atoms with Crippen LogP contribution in [-0.2, 0) is 32.1 Å². The smallest absolute Gasteiger partial charge is 0.327 e. The predicted molar refractivity (Wildman–Crippen MR) is 61.6 cm³/mol. The highest BCUT2D eigenvalue weighted by molar-refractivity contribution is 5.68. The van der Waals surface area contributed by atoms with Gasteiger partial charge in [-0.2, -0.15) is 0 Å². The molecule has 0 aliphatic heterocycles. The summed E-state index contributed by atoms with van der Waals surface area (Å²) in [5.41, 5.74) is 6.00. The van der Waals surface area contributed by atoms with Crippen LogP contribution in [0.1, 0.15) is 5.69 Å². The van der Waals surface area contributed by atoms with Crippen LogP contribution in [0.25, 0.3) is 0 Å². The molecule has 1 heterocycles. The number of carbonyl (C=O) groups is 1. The van der Waals surface area contributed by atoms with Crippen molar-refractivity contribution in [2.45, 2.75) is 13.1 Å². The molecule has 1 rings (SSSR count). The van der Waals surface area contributed by atoms with Crippen molar-refractivity contribution in [2.75, 3.05) is 33.5 Å². The second-order valence-electron chi connectivity index (χ2n) is 3.44. The number of esters is 1. The highest BCUT2D eigenvalue weighted by Crippen LogP contribution is 1.92. The average Bonchev–Trinajstić information content (AvgIpc) is 2.81. The first-order valence-corrected chi connectivity index (χ1v) is 5.57. The van der Waals surface area contributed by atoms with Crippen LogP contribution in [0.3, 0.4) is 0 Å². The Balaban J connectivity index is 2.10. The van der Waals surface area contributed by atoms with Crippen molar-refractivity contribution < 1.29 is 19.0 Å². The maximum absolute atomic E-state index is 11.4. The van der Waals surface area contributed by atoms with Gasteiger partial charge in [-0.1, -0.05) is 5.21 Å². The van der Waals surface area contributed by atoms with Gasteiger partial charge >= 0.3 is 5.97 Å². The largest absolute Gasteiger partial charge is 0.462 e. The summed E-state index contributed by atoms with van der Waals surface area (Å²) in [5.74, 6) is -0.390. The lowest BCUT2D eigenvalue weighted by atomic mass is 10.5. The Kier molecular flexibility index (Phi) is 6.92. The average molecular weight is 258 g/mol. The van der Waals surface area contributed by atoms with Gasteiger partial charge < -0.3 is 19.9 Å². The van der Waals surface area contributed by atoms with Gasteiger partial charge in [-0.3, -0.25) is 4.79 Å². The van der Waals surface area contributed by atoms with E-state index in [4.69, 9.17) is 19.9 Å². The molecule has 0 aliphatic carbocycles. The summed E-state index contributed by atoms with van der Waals surface area (Å²) in [6.07, 6.45) is 1.61. The third-order valence-corrected chi connectivity index (χ3v) is 2.01. The van der Waals surface area contributed by atoms with E-state index in [1.807, 2.05) is 0 Å². The van der Waals surface area contributed by atoms with E-state index in [2.05, 4.69) is 10.3 Å². The normalized spacial score (nSPS) is 10.6. The van der Waals surface area contributed by atoms with Crippen LogP contribution in [0.4, 0.5) is 0 Å². The van der Waals surface area contributed by atoms with E-state index in [0.717, 1.165) is 0 Å². The van der Waals surface area contributed by atoms with E-state index in [9.17, 15) is 4.79 Å². The van der Waals surface area contributed by atoms with Crippen molar-refractivity contribution in [3.8, 4) is 0 Å². The van der Waals surface area contributed by atoms with Crippen molar-refractivity contribution in [3.05, 3.63) is 11.9 Å². The Labute approximate surface area is 105 Å². The van der Waals surface area contributed by atoms with E-state index < -0.39 is 0 Å². The first-order chi connectivity index (χ1) is 8.76. The van der Waals surface area contributed by atoms with E-state index in [0.29, 0.717) is 32.1 Å². The standard InChI is InChI=1S/C10H18N4O4/c1-16-2-3-17-4-5-18-10(15)8-14-7-9(6-11)12-13-14/h7H,2-6,8,11H2,1H3. The summed E-state index contributed by atoms with van der Waals surface area (Å²) in [5, 5.41) is 7.49. The molecule has 1 aromatic heterocycles. The second kappa shape index (κ2) is 8.56. The summed E-state index contributed by atoms with van der Waals surface area (Å²) >= 11 is 0. The van der Waals surface area contributed by atoms with E-state index >= 15 is 0 Å². The van der Waals surface area contributed by atoms with Crippen LogP contribution in [0.2, 0.25) is 0 Å². The molecule has 102 valence electrons. The van der Waals surface area contributed by atoms with Gasteiger partial charge in [0.15, 0.2) is 0 Å². The molecule has 0 radical (unpaired) electrons. The molecule has 0 bridgehead atoms. The number of nitrogens with zero attached hydrogens (tertiary/aromatic N) is 3. The molecule has 0 saturated heterocycles. The van der Waals surface area contributed by atoms with Crippen molar-refractivity contribution in [3.63, 3.8) is 0 Å². The number of hydrogen-bond acceptors (Lipinski definition) is 7. The molecule has 0 aromatic carbocycles. The zero-order valence-corrected chi connectivity index (χ0v) is 10.4. The van der Waals surface area contributed by atoms with Crippen LogP contribution >= 0.6 is 0 Å². The highest BCUT2D eigenvalue weighted by atomic mass is 16.6. The summed E-state index contributed by atoms with van der Waals surface area (Å²) in [7, 11) is 1.59. The first-order valence-electron chi connectivity index (χ1n) is 5.57. The predicted octanol–water partition coefficient (Wildman–Crippen LogP) is -1.06. The summed E-state index contributed by atoms with van der Waals surface area (Å²) < 4.78 is 16.3. The minimum Gasteiger partial charge on any atom is -0.462 e. The third kappa shape index (κ3) is 5.71. The van der Waals surface area contributed by atoms with Gasteiger partial charge in [0.1, 0.15) is 13.2 Å². The number of nitrogens with two attached hydrogens (primary N) is 1. The zero-order valence-electron chi connectivity index (χ0n) is 10.4. The highest BCUT2D eigenvalue weighted by Gasteiger charge is 2.06. The van der Waals surface area contributed by atoms with Gasteiger partial charge in [-0.25, -0.2) is 4.68 Å². The number of hydrogen-bond donors (Lipinski definition) is 1. The summed E-state index contributed by atoms with van der Waals surface area (Å²) in [4.78, 5) is 11.4. The molecule has 0 spiro atoms. The topological polar surface area (TPSA) is 101 Å². The van der Waals surface area contributed by atoms with Gasteiger partial charge in [0.2, 0.25) is 0 Å². The quantitative estimate of drug-likeness (QED) is 0.445. The molecular weight excluding hydrogens is 240 g/mol. The van der Waals surface area contributed by atoms with E-state index in [-0.39, 0.29) is 19.1 Å². The number of aromatic nitrogens is 3. The van der Waals surface area contributed by atoms with Crippen LogP contribution < -0.4 is 5.73 Å². The second-order valence-corrected chi connectivity index (χ2v) is 3.44. The Morgan fingerprint density at radius 2 is 2.17 bits per heavy atom. The van der Waals surface area contributed by atoms with Crippen molar-refractivity contribution >= 4 is 5.97 Å². The van der Waals surface area contributed by atoms with Crippen molar-refractivity contribution in [1.82, 2.24) is 15.0 Å². The lowest BCUT2D eigenvalue weighted by Crippen LogP contribution is -2.17. The van der Waals surface area contributed by atoms with Gasteiger partial charge in [-0.15, -0.1) is 5.10 Å². The molecule has 0 amide bonds. The first kappa shape index (κ1) is 14.6. The lowest BCUT2D eigenvalue weighted by Gasteiger charge is -2.05. The van der Waals surface area contributed by atoms with Gasteiger partial charge in [0, 0.05) is 13.7 Å². The molecule has 0 unspecified atom stereocenters. The Morgan fingerprint density at radius 1 is 1.39 bits per heavy atom. The van der Waals surface area contributed by atoms with E-state index in [1.54, 1.807) is 13.3 Å². The number of methoxy groups -OCH3 is 1. The molecule has 2 N–H and O–H groups in total. The van der Waals surface area contributed by atoms with Gasteiger partial charge in [0.25, 0.3) is 0 Å². The minimum atomic E-state index is -0.390. The minimum absolute atomic E-state index is 0.0189. The molecule has 18 heavy (non-hydrogen) atoms.